The first kappa shape index (κ1) is 16.7. The third kappa shape index (κ3) is 3.32. The fourth-order valence-electron chi connectivity index (χ4n) is 2.64. The second-order valence-electron chi connectivity index (χ2n) is 5.66. The molecule has 0 aliphatic rings. The maximum absolute atomic E-state index is 13.1. The summed E-state index contributed by atoms with van der Waals surface area (Å²) in [5.41, 5.74) is 1.40. The Balaban J connectivity index is 1.87. The first-order valence-corrected chi connectivity index (χ1v) is 9.11. The third-order valence-corrected chi connectivity index (χ3v) is 4.56. The maximum Gasteiger partial charge on any atom is 0.306 e. The topological polar surface area (TPSA) is 57.0 Å². The number of rotatable bonds is 4. The first-order valence-electron chi connectivity index (χ1n) is 8.03. The van der Waals surface area contributed by atoms with Crippen LogP contribution in [0.1, 0.15) is 5.56 Å². The molecule has 6 heteroatoms. The molecule has 4 rings (SSSR count). The van der Waals surface area contributed by atoms with Gasteiger partial charge in [0.15, 0.2) is 0 Å². The quantitative estimate of drug-likeness (QED) is 0.438. The van der Waals surface area contributed by atoms with E-state index >= 15 is 0 Å². The molecule has 0 saturated carbocycles. The number of pyridine rings is 1. The zero-order valence-corrected chi connectivity index (χ0v) is 15.8. The monoisotopic (exact) mass is 455 g/mol. The Hall–Kier alpha value is -2.74. The van der Waals surface area contributed by atoms with Gasteiger partial charge < -0.3 is 4.74 Å². The van der Waals surface area contributed by atoms with E-state index < -0.39 is 0 Å². The Morgan fingerprint density at radius 1 is 1.00 bits per heavy atom. The lowest BCUT2D eigenvalue weighted by Gasteiger charge is -2.13. The zero-order chi connectivity index (χ0) is 17.9. The average Bonchev–Trinajstić information content (AvgIpc) is 2.68. The SMILES string of the molecule is O=c1c2cc(I)ccc2nc(OCc2ccccc2)n1-c1ccccn1. The van der Waals surface area contributed by atoms with Crippen molar-refractivity contribution in [2.75, 3.05) is 0 Å². The highest BCUT2D eigenvalue weighted by Gasteiger charge is 2.15. The molecular weight excluding hydrogens is 441 g/mol. The molecule has 0 N–H and O–H groups in total. The summed E-state index contributed by atoms with van der Waals surface area (Å²) in [6, 6.07) is 21.0. The van der Waals surface area contributed by atoms with Gasteiger partial charge in [0.25, 0.3) is 5.56 Å². The van der Waals surface area contributed by atoms with Gasteiger partial charge in [-0.3, -0.25) is 4.79 Å². The van der Waals surface area contributed by atoms with Crippen molar-refractivity contribution < 1.29 is 4.74 Å². The molecule has 0 fully saturated rings. The molecule has 0 saturated heterocycles. The Morgan fingerprint density at radius 2 is 1.81 bits per heavy atom. The van der Waals surface area contributed by atoms with Crippen LogP contribution in [-0.2, 0) is 6.61 Å². The van der Waals surface area contributed by atoms with Gasteiger partial charge in [0.05, 0.1) is 10.9 Å². The minimum Gasteiger partial charge on any atom is -0.459 e. The van der Waals surface area contributed by atoms with Crippen LogP contribution in [0.5, 0.6) is 6.01 Å². The van der Waals surface area contributed by atoms with Gasteiger partial charge in [0.2, 0.25) is 0 Å². The molecule has 128 valence electrons. The Labute approximate surface area is 163 Å². The molecule has 0 atom stereocenters. The van der Waals surface area contributed by atoms with Gasteiger partial charge in [0.1, 0.15) is 12.4 Å². The largest absolute Gasteiger partial charge is 0.459 e. The normalized spacial score (nSPS) is 10.8. The lowest BCUT2D eigenvalue weighted by molar-refractivity contribution is 0.272. The van der Waals surface area contributed by atoms with E-state index in [1.54, 1.807) is 18.3 Å². The molecule has 2 aromatic heterocycles. The van der Waals surface area contributed by atoms with E-state index in [1.165, 1.54) is 4.57 Å². The number of ether oxygens (including phenoxy) is 1. The van der Waals surface area contributed by atoms with Crippen LogP contribution in [0.2, 0.25) is 0 Å². The van der Waals surface area contributed by atoms with Gasteiger partial charge in [-0.25, -0.2) is 9.55 Å². The van der Waals surface area contributed by atoms with Crippen molar-refractivity contribution in [2.24, 2.45) is 0 Å². The van der Waals surface area contributed by atoms with E-state index in [4.69, 9.17) is 4.74 Å². The van der Waals surface area contributed by atoms with E-state index in [0.717, 1.165) is 9.13 Å². The number of benzene rings is 2. The summed E-state index contributed by atoms with van der Waals surface area (Å²) in [6.07, 6.45) is 1.64. The van der Waals surface area contributed by atoms with Crippen molar-refractivity contribution in [3.05, 3.63) is 92.4 Å². The Morgan fingerprint density at radius 3 is 2.58 bits per heavy atom. The minimum atomic E-state index is -0.199. The Kier molecular flexibility index (Phi) is 4.66. The van der Waals surface area contributed by atoms with Gasteiger partial charge >= 0.3 is 6.01 Å². The fraction of sp³-hybridized carbons (Fsp3) is 0.0500. The predicted molar refractivity (Wildman–Crippen MR) is 109 cm³/mol. The number of halogens is 1. The van der Waals surface area contributed by atoms with E-state index in [0.29, 0.717) is 23.3 Å². The van der Waals surface area contributed by atoms with Crippen LogP contribution in [0.4, 0.5) is 0 Å². The van der Waals surface area contributed by atoms with Crippen molar-refractivity contribution in [3.8, 4) is 11.8 Å². The lowest BCUT2D eigenvalue weighted by atomic mass is 10.2. The molecule has 0 unspecified atom stereocenters. The van der Waals surface area contributed by atoms with Gasteiger partial charge in [-0.15, -0.1) is 0 Å². The number of fused-ring (bicyclic) bond motifs is 1. The van der Waals surface area contributed by atoms with Crippen LogP contribution in [0.25, 0.3) is 16.7 Å². The van der Waals surface area contributed by atoms with E-state index in [-0.39, 0.29) is 11.6 Å². The maximum atomic E-state index is 13.1. The van der Waals surface area contributed by atoms with Crippen LogP contribution < -0.4 is 10.3 Å². The summed E-state index contributed by atoms with van der Waals surface area (Å²) in [5.74, 6) is 0.480. The lowest BCUT2D eigenvalue weighted by Crippen LogP contribution is -2.23. The van der Waals surface area contributed by atoms with Crippen LogP contribution in [0, 0.1) is 3.57 Å². The summed E-state index contributed by atoms with van der Waals surface area (Å²) in [4.78, 5) is 22.0. The fourth-order valence-corrected chi connectivity index (χ4v) is 3.14. The molecule has 0 radical (unpaired) electrons. The highest BCUT2D eigenvalue weighted by atomic mass is 127. The molecule has 0 amide bonds. The highest BCUT2D eigenvalue weighted by molar-refractivity contribution is 14.1. The molecule has 0 spiro atoms. The summed E-state index contributed by atoms with van der Waals surface area (Å²) in [7, 11) is 0. The van der Waals surface area contributed by atoms with Crippen LogP contribution in [-0.4, -0.2) is 14.5 Å². The van der Waals surface area contributed by atoms with Crippen LogP contribution in [0.15, 0.2) is 77.7 Å². The van der Waals surface area contributed by atoms with Gasteiger partial charge in [-0.2, -0.15) is 4.98 Å². The molecule has 4 aromatic rings. The van der Waals surface area contributed by atoms with Crippen molar-refractivity contribution in [3.63, 3.8) is 0 Å². The summed E-state index contributed by atoms with van der Waals surface area (Å²) in [5, 5.41) is 0.537. The zero-order valence-electron chi connectivity index (χ0n) is 13.7. The average molecular weight is 455 g/mol. The number of hydrogen-bond acceptors (Lipinski definition) is 4. The number of hydrogen-bond donors (Lipinski definition) is 0. The second kappa shape index (κ2) is 7.25. The molecular formula is C20H14IN3O2. The highest BCUT2D eigenvalue weighted by Crippen LogP contribution is 2.19. The molecule has 0 aliphatic heterocycles. The minimum absolute atomic E-state index is 0.199. The van der Waals surface area contributed by atoms with E-state index in [9.17, 15) is 4.79 Å². The van der Waals surface area contributed by atoms with Gasteiger partial charge in [-0.05, 0) is 58.5 Å². The van der Waals surface area contributed by atoms with Crippen molar-refractivity contribution >= 4 is 33.5 Å². The van der Waals surface area contributed by atoms with Gasteiger partial charge in [0, 0.05) is 9.77 Å². The third-order valence-electron chi connectivity index (χ3n) is 3.89. The second-order valence-corrected chi connectivity index (χ2v) is 6.90. The van der Waals surface area contributed by atoms with Crippen LogP contribution >= 0.6 is 22.6 Å². The molecule has 26 heavy (non-hydrogen) atoms. The van der Waals surface area contributed by atoms with E-state index in [2.05, 4.69) is 32.6 Å². The molecule has 0 bridgehead atoms. The number of nitrogens with zero attached hydrogens (tertiary/aromatic N) is 3. The van der Waals surface area contributed by atoms with Crippen molar-refractivity contribution in [2.45, 2.75) is 6.61 Å². The molecule has 0 aliphatic carbocycles. The smallest absolute Gasteiger partial charge is 0.306 e. The molecule has 2 heterocycles. The predicted octanol–water partition coefficient (Wildman–Crippen LogP) is 3.96. The standard InChI is InChI=1S/C20H14IN3O2/c21-15-9-10-17-16(12-15)19(25)24(18-8-4-5-11-22-18)20(23-17)26-13-14-6-2-1-3-7-14/h1-12H,13H2. The Bertz CT molecular complexity index is 1110. The van der Waals surface area contributed by atoms with Crippen LogP contribution in [0.3, 0.4) is 0 Å². The number of aromatic nitrogens is 3. The molecule has 5 nitrogen and oxygen atoms in total. The van der Waals surface area contributed by atoms with E-state index in [1.807, 2.05) is 54.6 Å². The van der Waals surface area contributed by atoms with Crippen molar-refractivity contribution in [1.82, 2.24) is 14.5 Å². The summed E-state index contributed by atoms with van der Waals surface area (Å²) >= 11 is 2.18. The summed E-state index contributed by atoms with van der Waals surface area (Å²) in [6.45, 7) is 0.315. The molecule has 2 aromatic carbocycles. The van der Waals surface area contributed by atoms with Crippen molar-refractivity contribution in [1.29, 1.82) is 0 Å². The summed E-state index contributed by atoms with van der Waals surface area (Å²) < 4.78 is 8.30. The first-order chi connectivity index (χ1) is 12.7. The van der Waals surface area contributed by atoms with Gasteiger partial charge in [-0.1, -0.05) is 36.4 Å².